The summed E-state index contributed by atoms with van der Waals surface area (Å²) in [4.78, 5) is 16.3. The molecule has 1 saturated carbocycles. The summed E-state index contributed by atoms with van der Waals surface area (Å²) in [6.07, 6.45) is 5.35. The predicted molar refractivity (Wildman–Crippen MR) is 101 cm³/mol. The highest BCUT2D eigenvalue weighted by Gasteiger charge is 2.30. The van der Waals surface area contributed by atoms with E-state index in [9.17, 15) is 13.2 Å². The fourth-order valence-electron chi connectivity index (χ4n) is 3.70. The number of aromatic nitrogens is 6. The van der Waals surface area contributed by atoms with Gasteiger partial charge < -0.3 is 4.52 Å². The fraction of sp³-hybridized carbons (Fsp3) is 0.471. The smallest absolute Gasteiger partial charge is 0.267 e. The quantitative estimate of drug-likeness (QED) is 0.643. The molecule has 0 unspecified atom stereocenters. The maximum Gasteiger partial charge on any atom is 0.267 e. The van der Waals surface area contributed by atoms with Crippen LogP contribution in [0, 0.1) is 13.8 Å². The van der Waals surface area contributed by atoms with Crippen LogP contribution < -0.4 is 10.3 Å². The van der Waals surface area contributed by atoms with Gasteiger partial charge in [0.15, 0.2) is 11.6 Å². The molecule has 3 aromatic rings. The monoisotopic (exact) mass is 419 g/mol. The Labute approximate surface area is 166 Å². The highest BCUT2D eigenvalue weighted by atomic mass is 32.2. The molecule has 0 radical (unpaired) electrons. The minimum absolute atomic E-state index is 0.0954. The summed E-state index contributed by atoms with van der Waals surface area (Å²) in [5.74, 6) is 0.771. The minimum Gasteiger partial charge on any atom is -0.360 e. The van der Waals surface area contributed by atoms with E-state index in [1.807, 2.05) is 0 Å². The van der Waals surface area contributed by atoms with Crippen molar-refractivity contribution in [3.63, 3.8) is 0 Å². The van der Waals surface area contributed by atoms with E-state index in [2.05, 4.69) is 25.1 Å². The van der Waals surface area contributed by atoms with Crippen LogP contribution in [-0.4, -0.2) is 44.2 Å². The molecular formula is C17H21N7O4S. The number of hydrogen-bond donors (Lipinski definition) is 1. The van der Waals surface area contributed by atoms with Crippen molar-refractivity contribution >= 4 is 10.0 Å². The molecule has 1 fully saturated rings. The number of sulfonamides is 1. The molecule has 3 aromatic heterocycles. The average molecular weight is 419 g/mol. The Bertz CT molecular complexity index is 1140. The van der Waals surface area contributed by atoms with Crippen molar-refractivity contribution < 1.29 is 12.9 Å². The molecule has 11 nitrogen and oxygen atoms in total. The Kier molecular flexibility index (Phi) is 5.04. The van der Waals surface area contributed by atoms with Gasteiger partial charge in [-0.2, -0.15) is 5.10 Å². The zero-order chi connectivity index (χ0) is 20.6. The average Bonchev–Trinajstić information content (AvgIpc) is 3.33. The molecule has 4 rings (SSSR count). The summed E-state index contributed by atoms with van der Waals surface area (Å²) in [7, 11) is -3.71. The van der Waals surface area contributed by atoms with E-state index < -0.39 is 10.0 Å². The van der Waals surface area contributed by atoms with Crippen molar-refractivity contribution in [2.75, 3.05) is 0 Å². The van der Waals surface area contributed by atoms with Gasteiger partial charge in [-0.15, -0.1) is 5.10 Å². The van der Waals surface area contributed by atoms with Crippen molar-refractivity contribution in [2.24, 2.45) is 0 Å². The molecule has 0 amide bonds. The van der Waals surface area contributed by atoms with Crippen molar-refractivity contribution in [1.82, 2.24) is 34.4 Å². The van der Waals surface area contributed by atoms with E-state index in [1.54, 1.807) is 19.9 Å². The Balaban J connectivity index is 1.46. The van der Waals surface area contributed by atoms with Crippen LogP contribution in [-0.2, 0) is 10.0 Å². The molecule has 1 aliphatic carbocycles. The third kappa shape index (κ3) is 3.85. The van der Waals surface area contributed by atoms with Crippen LogP contribution in [0.25, 0.3) is 5.82 Å². The van der Waals surface area contributed by atoms with E-state index in [1.165, 1.54) is 28.1 Å². The predicted octanol–water partition coefficient (Wildman–Crippen LogP) is 0.891. The van der Waals surface area contributed by atoms with Gasteiger partial charge in [-0.05, 0) is 45.6 Å². The first kappa shape index (κ1) is 19.5. The summed E-state index contributed by atoms with van der Waals surface area (Å²) in [5.41, 5.74) is 0.137. The molecule has 0 bridgehead atoms. The van der Waals surface area contributed by atoms with Crippen molar-refractivity contribution in [3.8, 4) is 5.82 Å². The summed E-state index contributed by atoms with van der Waals surface area (Å²) in [5, 5.41) is 12.2. The molecule has 0 atom stereocenters. The molecule has 3 heterocycles. The maximum atomic E-state index is 12.7. The summed E-state index contributed by atoms with van der Waals surface area (Å²) < 4.78 is 36.0. The lowest BCUT2D eigenvalue weighted by atomic mass is 9.92. The van der Waals surface area contributed by atoms with Crippen LogP contribution in [0.2, 0.25) is 0 Å². The molecule has 1 aliphatic rings. The first-order valence-corrected chi connectivity index (χ1v) is 10.7. The fourth-order valence-corrected chi connectivity index (χ4v) is 5.33. The van der Waals surface area contributed by atoms with Crippen molar-refractivity contribution in [1.29, 1.82) is 0 Å². The van der Waals surface area contributed by atoms with Gasteiger partial charge in [0.2, 0.25) is 10.0 Å². The van der Waals surface area contributed by atoms with Gasteiger partial charge in [-0.25, -0.2) is 27.5 Å². The van der Waals surface area contributed by atoms with E-state index in [0.29, 0.717) is 37.2 Å². The molecule has 29 heavy (non-hydrogen) atoms. The highest BCUT2D eigenvalue weighted by Crippen LogP contribution is 2.29. The lowest BCUT2D eigenvalue weighted by Gasteiger charge is -2.29. The largest absolute Gasteiger partial charge is 0.360 e. The van der Waals surface area contributed by atoms with Gasteiger partial charge in [0.05, 0.1) is 6.04 Å². The summed E-state index contributed by atoms with van der Waals surface area (Å²) in [6, 6.07) is 2.72. The van der Waals surface area contributed by atoms with Gasteiger partial charge in [0, 0.05) is 12.1 Å². The molecule has 0 spiro atoms. The second-order valence-electron chi connectivity index (χ2n) is 7.09. The third-order valence-electron chi connectivity index (χ3n) is 5.07. The van der Waals surface area contributed by atoms with Gasteiger partial charge in [-0.3, -0.25) is 4.79 Å². The zero-order valence-corrected chi connectivity index (χ0v) is 16.8. The first-order valence-electron chi connectivity index (χ1n) is 9.25. The number of aryl methyl sites for hydroxylation is 2. The van der Waals surface area contributed by atoms with Crippen LogP contribution in [0.5, 0.6) is 0 Å². The second-order valence-corrected chi connectivity index (χ2v) is 8.75. The van der Waals surface area contributed by atoms with Crippen LogP contribution in [0.15, 0.2) is 39.0 Å². The van der Waals surface area contributed by atoms with Gasteiger partial charge in [0.25, 0.3) is 5.56 Å². The van der Waals surface area contributed by atoms with Crippen LogP contribution in [0.4, 0.5) is 0 Å². The normalized spacial score (nSPS) is 20.1. The molecule has 0 saturated heterocycles. The number of hydrogen-bond acceptors (Lipinski definition) is 8. The first-order chi connectivity index (χ1) is 13.8. The number of rotatable bonds is 5. The SMILES string of the molecule is Cc1noc(C)c1S(=O)(=O)NC1CCC(n2nc(-n3cncn3)ccc2=O)CC1. The van der Waals surface area contributed by atoms with E-state index in [-0.39, 0.29) is 28.3 Å². The van der Waals surface area contributed by atoms with Crippen molar-refractivity contribution in [2.45, 2.75) is 56.5 Å². The van der Waals surface area contributed by atoms with Crippen LogP contribution >= 0.6 is 0 Å². The van der Waals surface area contributed by atoms with E-state index in [0.717, 1.165) is 0 Å². The Morgan fingerprint density at radius 2 is 1.93 bits per heavy atom. The zero-order valence-electron chi connectivity index (χ0n) is 16.0. The number of nitrogens with zero attached hydrogens (tertiary/aromatic N) is 6. The van der Waals surface area contributed by atoms with Crippen molar-refractivity contribution in [3.05, 3.63) is 46.6 Å². The standard InChI is InChI=1S/C17H21N7O4S/c1-11-17(12(2)28-21-11)29(26,27)22-13-3-5-14(6-4-13)24-16(25)8-7-15(20-24)23-10-18-9-19-23/h7-10,13-14,22H,3-6H2,1-2H3. The topological polar surface area (TPSA) is 138 Å². The molecule has 154 valence electrons. The molecule has 12 heteroatoms. The maximum absolute atomic E-state index is 12.7. The lowest BCUT2D eigenvalue weighted by molar-refractivity contribution is 0.284. The minimum atomic E-state index is -3.71. The molecule has 1 N–H and O–H groups in total. The van der Waals surface area contributed by atoms with Crippen LogP contribution in [0.3, 0.4) is 0 Å². The molecule has 0 aromatic carbocycles. The Morgan fingerprint density at radius 3 is 2.55 bits per heavy atom. The molecule has 0 aliphatic heterocycles. The summed E-state index contributed by atoms with van der Waals surface area (Å²) >= 11 is 0. The lowest BCUT2D eigenvalue weighted by Crippen LogP contribution is -2.39. The van der Waals surface area contributed by atoms with E-state index >= 15 is 0 Å². The van der Waals surface area contributed by atoms with E-state index in [4.69, 9.17) is 4.52 Å². The van der Waals surface area contributed by atoms with Crippen LogP contribution in [0.1, 0.15) is 43.2 Å². The number of nitrogens with one attached hydrogen (secondary N) is 1. The van der Waals surface area contributed by atoms with Gasteiger partial charge in [-0.1, -0.05) is 5.16 Å². The summed E-state index contributed by atoms with van der Waals surface area (Å²) in [6.45, 7) is 3.17. The highest BCUT2D eigenvalue weighted by molar-refractivity contribution is 7.89. The Morgan fingerprint density at radius 1 is 1.17 bits per heavy atom. The third-order valence-corrected chi connectivity index (χ3v) is 6.83. The van der Waals surface area contributed by atoms with Gasteiger partial charge in [0.1, 0.15) is 23.2 Å². The Hall–Kier alpha value is -2.86. The molecular weight excluding hydrogens is 398 g/mol. The second kappa shape index (κ2) is 7.52. The van der Waals surface area contributed by atoms with Gasteiger partial charge >= 0.3 is 0 Å².